The summed E-state index contributed by atoms with van der Waals surface area (Å²) in [5.41, 5.74) is 3.51. The van der Waals surface area contributed by atoms with Gasteiger partial charge in [-0.3, -0.25) is 4.98 Å². The number of nitrogens with zero attached hydrogens (tertiary/aromatic N) is 2. The number of aromatic nitrogens is 2. The molecule has 6 heteroatoms. The van der Waals surface area contributed by atoms with Crippen molar-refractivity contribution in [2.75, 3.05) is 17.7 Å². The molecule has 0 spiro atoms. The summed E-state index contributed by atoms with van der Waals surface area (Å²) < 4.78 is 13.3. The Balaban J connectivity index is 1.90. The molecule has 0 aliphatic rings. The Kier molecular flexibility index (Phi) is 5.14. The zero-order chi connectivity index (χ0) is 17.8. The highest BCUT2D eigenvalue weighted by Crippen LogP contribution is 2.30. The van der Waals surface area contributed by atoms with E-state index in [1.165, 1.54) is 12.1 Å². The monoisotopic (exact) mass is 356 g/mol. The molecule has 25 heavy (non-hydrogen) atoms. The molecule has 0 unspecified atom stereocenters. The summed E-state index contributed by atoms with van der Waals surface area (Å²) in [6, 6.07) is 12.2. The van der Waals surface area contributed by atoms with Crippen LogP contribution in [-0.2, 0) is 0 Å². The van der Waals surface area contributed by atoms with Gasteiger partial charge in [0.1, 0.15) is 11.5 Å². The normalized spacial score (nSPS) is 11.8. The Morgan fingerprint density at radius 1 is 1.04 bits per heavy atom. The third-order valence-corrected chi connectivity index (χ3v) is 4.25. The van der Waals surface area contributed by atoms with Crippen LogP contribution in [-0.4, -0.2) is 17.0 Å². The van der Waals surface area contributed by atoms with E-state index >= 15 is 0 Å². The van der Waals surface area contributed by atoms with Crippen molar-refractivity contribution in [2.45, 2.75) is 13.0 Å². The molecule has 0 fully saturated rings. The van der Waals surface area contributed by atoms with Crippen LogP contribution >= 0.6 is 11.6 Å². The van der Waals surface area contributed by atoms with Crippen LogP contribution in [0, 0.1) is 5.82 Å². The topological polar surface area (TPSA) is 49.8 Å². The second-order valence-electron chi connectivity index (χ2n) is 5.61. The van der Waals surface area contributed by atoms with Crippen molar-refractivity contribution in [3.8, 4) is 11.3 Å². The molecule has 2 N–H and O–H groups in total. The fraction of sp³-hybridized carbons (Fsp3) is 0.158. The molecule has 3 rings (SSSR count). The van der Waals surface area contributed by atoms with Crippen LogP contribution in [0.5, 0.6) is 0 Å². The summed E-state index contributed by atoms with van der Waals surface area (Å²) in [5, 5.41) is 6.78. The predicted octanol–water partition coefficient (Wildman–Crippen LogP) is 5.15. The van der Waals surface area contributed by atoms with Gasteiger partial charge in [0.25, 0.3) is 0 Å². The predicted molar refractivity (Wildman–Crippen MR) is 100 cm³/mol. The maximum atomic E-state index is 13.3. The van der Waals surface area contributed by atoms with Gasteiger partial charge in [0, 0.05) is 35.7 Å². The van der Waals surface area contributed by atoms with E-state index in [0.29, 0.717) is 10.8 Å². The van der Waals surface area contributed by atoms with Gasteiger partial charge in [-0.25, -0.2) is 9.37 Å². The fourth-order valence-corrected chi connectivity index (χ4v) is 2.92. The molecule has 1 heterocycles. The third-order valence-electron chi connectivity index (χ3n) is 3.93. The highest BCUT2D eigenvalue weighted by atomic mass is 35.5. The molecule has 0 saturated heterocycles. The van der Waals surface area contributed by atoms with Gasteiger partial charge in [-0.2, -0.15) is 0 Å². The van der Waals surface area contributed by atoms with Crippen LogP contribution in [0.4, 0.5) is 15.9 Å². The Hall–Kier alpha value is -2.66. The highest BCUT2D eigenvalue weighted by Gasteiger charge is 2.14. The van der Waals surface area contributed by atoms with Crippen LogP contribution in [0.3, 0.4) is 0 Å². The van der Waals surface area contributed by atoms with Crippen molar-refractivity contribution < 1.29 is 4.39 Å². The minimum atomic E-state index is -0.356. The van der Waals surface area contributed by atoms with Crippen molar-refractivity contribution >= 4 is 23.1 Å². The van der Waals surface area contributed by atoms with Crippen molar-refractivity contribution in [3.63, 3.8) is 0 Å². The van der Waals surface area contributed by atoms with Crippen LogP contribution in [0.15, 0.2) is 54.9 Å². The second kappa shape index (κ2) is 7.49. The van der Waals surface area contributed by atoms with Gasteiger partial charge in [0.05, 0.1) is 6.04 Å². The number of nitrogens with one attached hydrogen (secondary N) is 2. The summed E-state index contributed by atoms with van der Waals surface area (Å²) in [6.07, 6.45) is 3.29. The molecule has 0 saturated carbocycles. The standard InChI is InChI=1S/C19H18ClFN4/c1-12(16-8-5-14(21)11-17(16)20)25-19-18(23-9-10-24-19)13-3-6-15(22-2)7-4-13/h3-12,22H,1-2H3,(H,24,25)/t12-/m0/s1. The van der Waals surface area contributed by atoms with Crippen molar-refractivity contribution in [2.24, 2.45) is 0 Å². The summed E-state index contributed by atoms with van der Waals surface area (Å²) in [6.45, 7) is 1.95. The number of anilines is 2. The van der Waals surface area contributed by atoms with Crippen molar-refractivity contribution in [3.05, 3.63) is 71.3 Å². The molecule has 0 aliphatic carbocycles. The zero-order valence-corrected chi connectivity index (χ0v) is 14.7. The number of hydrogen-bond acceptors (Lipinski definition) is 4. The maximum Gasteiger partial charge on any atom is 0.153 e. The summed E-state index contributed by atoms with van der Waals surface area (Å²) in [5.74, 6) is 0.290. The number of hydrogen-bond donors (Lipinski definition) is 2. The lowest BCUT2D eigenvalue weighted by Crippen LogP contribution is -2.10. The first kappa shape index (κ1) is 17.2. The van der Waals surface area contributed by atoms with Gasteiger partial charge in [0.15, 0.2) is 5.82 Å². The zero-order valence-electron chi connectivity index (χ0n) is 13.9. The van der Waals surface area contributed by atoms with Gasteiger partial charge in [-0.15, -0.1) is 0 Å². The molecule has 3 aromatic rings. The molecule has 2 aromatic carbocycles. The smallest absolute Gasteiger partial charge is 0.153 e. The average Bonchev–Trinajstić information content (AvgIpc) is 2.62. The molecule has 0 radical (unpaired) electrons. The third kappa shape index (κ3) is 3.88. The van der Waals surface area contributed by atoms with Gasteiger partial charge in [-0.1, -0.05) is 29.8 Å². The van der Waals surface area contributed by atoms with E-state index in [-0.39, 0.29) is 11.9 Å². The lowest BCUT2D eigenvalue weighted by atomic mass is 10.1. The van der Waals surface area contributed by atoms with E-state index < -0.39 is 0 Å². The summed E-state index contributed by atoms with van der Waals surface area (Å²) >= 11 is 6.16. The summed E-state index contributed by atoms with van der Waals surface area (Å²) in [4.78, 5) is 8.85. The SMILES string of the molecule is CNc1ccc(-c2nccnc2N[C@@H](C)c2ccc(F)cc2Cl)cc1. The van der Waals surface area contributed by atoms with Gasteiger partial charge < -0.3 is 10.6 Å². The molecule has 1 aromatic heterocycles. The lowest BCUT2D eigenvalue weighted by molar-refractivity contribution is 0.626. The minimum absolute atomic E-state index is 0.153. The van der Waals surface area contributed by atoms with Crippen LogP contribution in [0.25, 0.3) is 11.3 Å². The highest BCUT2D eigenvalue weighted by molar-refractivity contribution is 6.31. The Morgan fingerprint density at radius 3 is 2.44 bits per heavy atom. The first-order valence-corrected chi connectivity index (χ1v) is 8.27. The first-order chi connectivity index (χ1) is 12.1. The number of rotatable bonds is 5. The molecule has 0 aliphatic heterocycles. The second-order valence-corrected chi connectivity index (χ2v) is 6.02. The van der Waals surface area contributed by atoms with Crippen molar-refractivity contribution in [1.29, 1.82) is 0 Å². The minimum Gasteiger partial charge on any atom is -0.388 e. The van der Waals surface area contributed by atoms with Crippen molar-refractivity contribution in [1.82, 2.24) is 9.97 Å². The first-order valence-electron chi connectivity index (χ1n) is 7.89. The molecule has 0 amide bonds. The molecule has 4 nitrogen and oxygen atoms in total. The Bertz CT molecular complexity index is 868. The van der Waals surface area contributed by atoms with E-state index in [2.05, 4.69) is 20.6 Å². The van der Waals surface area contributed by atoms with E-state index in [1.54, 1.807) is 18.5 Å². The number of halogens is 2. The average molecular weight is 357 g/mol. The molecular formula is C19H18ClFN4. The van der Waals surface area contributed by atoms with E-state index in [1.807, 2.05) is 38.2 Å². The molecule has 128 valence electrons. The van der Waals surface area contributed by atoms with E-state index in [0.717, 1.165) is 22.5 Å². The largest absolute Gasteiger partial charge is 0.388 e. The van der Waals surface area contributed by atoms with Crippen LogP contribution in [0.1, 0.15) is 18.5 Å². The van der Waals surface area contributed by atoms with E-state index in [9.17, 15) is 4.39 Å². The summed E-state index contributed by atoms with van der Waals surface area (Å²) in [7, 11) is 1.87. The lowest BCUT2D eigenvalue weighted by Gasteiger charge is -2.18. The van der Waals surface area contributed by atoms with Gasteiger partial charge in [0.2, 0.25) is 0 Å². The molecule has 1 atom stereocenters. The number of benzene rings is 2. The maximum absolute atomic E-state index is 13.3. The van der Waals surface area contributed by atoms with Gasteiger partial charge in [-0.05, 0) is 36.8 Å². The molecule has 0 bridgehead atoms. The molecular weight excluding hydrogens is 339 g/mol. The van der Waals surface area contributed by atoms with Crippen LogP contribution < -0.4 is 10.6 Å². The van der Waals surface area contributed by atoms with Gasteiger partial charge >= 0.3 is 0 Å². The van der Waals surface area contributed by atoms with E-state index in [4.69, 9.17) is 11.6 Å². The Labute approximate surface area is 151 Å². The Morgan fingerprint density at radius 2 is 1.76 bits per heavy atom. The fourth-order valence-electron chi connectivity index (χ4n) is 2.59. The van der Waals surface area contributed by atoms with Crippen LogP contribution in [0.2, 0.25) is 5.02 Å². The quantitative estimate of drug-likeness (QED) is 0.663.